The molecule has 0 saturated heterocycles. The Labute approximate surface area is 115 Å². The predicted octanol–water partition coefficient (Wildman–Crippen LogP) is 3.31. The summed E-state index contributed by atoms with van der Waals surface area (Å²) in [6.07, 6.45) is 1.33. The Kier molecular flexibility index (Phi) is 4.12. The molecule has 19 heavy (non-hydrogen) atoms. The molecule has 0 aliphatic rings. The van der Waals surface area contributed by atoms with Gasteiger partial charge in [-0.15, -0.1) is 0 Å². The Morgan fingerprint density at radius 2 is 2.16 bits per heavy atom. The van der Waals surface area contributed by atoms with Gasteiger partial charge in [-0.3, -0.25) is 4.79 Å². The molecule has 98 valence electrons. The highest BCUT2D eigenvalue weighted by molar-refractivity contribution is 6.29. The molecule has 0 amide bonds. The molecule has 0 N–H and O–H groups in total. The molecule has 1 aromatic carbocycles. The Balaban J connectivity index is 2.21. The number of hydrogen-bond donors (Lipinski definition) is 0. The minimum atomic E-state index is -0.514. The average molecular weight is 280 g/mol. The third kappa shape index (κ3) is 3.09. The van der Waals surface area contributed by atoms with Gasteiger partial charge in [0, 0.05) is 18.2 Å². The SMILES string of the molecule is COc1cccc(CC(=O)c2ccc(Cl)nc2)c1F. The Morgan fingerprint density at radius 3 is 2.79 bits per heavy atom. The number of pyridine rings is 1. The van der Waals surface area contributed by atoms with Crippen molar-refractivity contribution < 1.29 is 13.9 Å². The number of aromatic nitrogens is 1. The zero-order valence-electron chi connectivity index (χ0n) is 10.2. The predicted molar refractivity (Wildman–Crippen MR) is 70.2 cm³/mol. The van der Waals surface area contributed by atoms with Crippen molar-refractivity contribution in [2.75, 3.05) is 7.11 Å². The lowest BCUT2D eigenvalue weighted by Gasteiger charge is -2.06. The van der Waals surface area contributed by atoms with Gasteiger partial charge in [0.2, 0.25) is 0 Å². The van der Waals surface area contributed by atoms with E-state index in [0.29, 0.717) is 16.3 Å². The highest BCUT2D eigenvalue weighted by Crippen LogP contribution is 2.21. The lowest BCUT2D eigenvalue weighted by atomic mass is 10.0. The van der Waals surface area contributed by atoms with Crippen LogP contribution in [-0.4, -0.2) is 17.9 Å². The number of benzene rings is 1. The van der Waals surface area contributed by atoms with Gasteiger partial charge in [0.1, 0.15) is 5.15 Å². The highest BCUT2D eigenvalue weighted by atomic mass is 35.5. The molecule has 0 bridgehead atoms. The first kappa shape index (κ1) is 13.5. The first-order chi connectivity index (χ1) is 9.11. The zero-order valence-corrected chi connectivity index (χ0v) is 10.9. The van der Waals surface area contributed by atoms with Crippen LogP contribution in [0.2, 0.25) is 5.15 Å². The maximum absolute atomic E-state index is 13.9. The molecule has 1 aromatic heterocycles. The number of nitrogens with zero attached hydrogens (tertiary/aromatic N) is 1. The summed E-state index contributed by atoms with van der Waals surface area (Å²) < 4.78 is 18.8. The van der Waals surface area contributed by atoms with Crippen molar-refractivity contribution in [3.05, 3.63) is 58.6 Å². The number of hydrogen-bond acceptors (Lipinski definition) is 3. The van der Waals surface area contributed by atoms with Crippen molar-refractivity contribution >= 4 is 17.4 Å². The zero-order chi connectivity index (χ0) is 13.8. The minimum absolute atomic E-state index is 0.0493. The lowest BCUT2D eigenvalue weighted by Crippen LogP contribution is -2.06. The van der Waals surface area contributed by atoms with Crippen LogP contribution in [0.25, 0.3) is 0 Å². The largest absolute Gasteiger partial charge is 0.494 e. The van der Waals surface area contributed by atoms with E-state index in [1.807, 2.05) is 0 Å². The minimum Gasteiger partial charge on any atom is -0.494 e. The highest BCUT2D eigenvalue weighted by Gasteiger charge is 2.13. The van der Waals surface area contributed by atoms with Crippen molar-refractivity contribution in [3.8, 4) is 5.75 Å². The van der Waals surface area contributed by atoms with Crippen LogP contribution in [0, 0.1) is 5.82 Å². The fourth-order valence-corrected chi connectivity index (χ4v) is 1.78. The van der Waals surface area contributed by atoms with Crippen molar-refractivity contribution in [2.45, 2.75) is 6.42 Å². The molecule has 1 heterocycles. The van der Waals surface area contributed by atoms with Gasteiger partial charge in [-0.1, -0.05) is 23.7 Å². The standard InChI is InChI=1S/C14H11ClFNO2/c1-19-12-4-2-3-9(14(12)16)7-11(18)10-5-6-13(15)17-8-10/h2-6,8H,7H2,1H3. The van der Waals surface area contributed by atoms with Crippen molar-refractivity contribution in [1.82, 2.24) is 4.98 Å². The second kappa shape index (κ2) is 5.80. The van der Waals surface area contributed by atoms with E-state index in [-0.39, 0.29) is 18.0 Å². The molecule has 0 aliphatic heterocycles. The topological polar surface area (TPSA) is 39.2 Å². The van der Waals surface area contributed by atoms with Gasteiger partial charge in [0.15, 0.2) is 17.3 Å². The smallest absolute Gasteiger partial charge is 0.168 e. The molecule has 0 fully saturated rings. The third-order valence-electron chi connectivity index (χ3n) is 2.66. The van der Waals surface area contributed by atoms with Crippen molar-refractivity contribution in [3.63, 3.8) is 0 Å². The summed E-state index contributed by atoms with van der Waals surface area (Å²) in [5.74, 6) is -0.615. The third-order valence-corrected chi connectivity index (χ3v) is 2.89. The van der Waals surface area contributed by atoms with E-state index in [9.17, 15) is 9.18 Å². The monoisotopic (exact) mass is 279 g/mol. The van der Waals surface area contributed by atoms with E-state index in [2.05, 4.69) is 4.98 Å². The van der Waals surface area contributed by atoms with Crippen LogP contribution in [0.4, 0.5) is 4.39 Å². The van der Waals surface area contributed by atoms with Crippen LogP contribution >= 0.6 is 11.6 Å². The molecule has 2 rings (SSSR count). The molecular formula is C14H11ClFNO2. The maximum Gasteiger partial charge on any atom is 0.168 e. The molecule has 0 unspecified atom stereocenters. The van der Waals surface area contributed by atoms with E-state index in [4.69, 9.17) is 16.3 Å². The maximum atomic E-state index is 13.9. The molecule has 0 aliphatic carbocycles. The number of halogens is 2. The van der Waals surface area contributed by atoms with E-state index in [0.717, 1.165) is 0 Å². The van der Waals surface area contributed by atoms with Gasteiger partial charge >= 0.3 is 0 Å². The van der Waals surface area contributed by atoms with Crippen LogP contribution < -0.4 is 4.74 Å². The molecule has 0 saturated carbocycles. The molecule has 0 radical (unpaired) electrons. The van der Waals surface area contributed by atoms with Gasteiger partial charge in [0.25, 0.3) is 0 Å². The first-order valence-corrected chi connectivity index (χ1v) is 5.95. The van der Waals surface area contributed by atoms with Crippen LogP contribution in [0.5, 0.6) is 5.75 Å². The van der Waals surface area contributed by atoms with Crippen LogP contribution in [-0.2, 0) is 6.42 Å². The van der Waals surface area contributed by atoms with Crippen molar-refractivity contribution in [2.24, 2.45) is 0 Å². The summed E-state index contributed by atoms with van der Waals surface area (Å²) >= 11 is 5.64. The van der Waals surface area contributed by atoms with Crippen LogP contribution in [0.1, 0.15) is 15.9 Å². The molecule has 5 heteroatoms. The lowest BCUT2D eigenvalue weighted by molar-refractivity contribution is 0.0991. The van der Waals surface area contributed by atoms with Gasteiger partial charge < -0.3 is 4.74 Å². The summed E-state index contributed by atoms with van der Waals surface area (Å²) in [6.45, 7) is 0. The molecule has 2 aromatic rings. The second-order valence-electron chi connectivity index (χ2n) is 3.90. The van der Waals surface area contributed by atoms with Crippen LogP contribution in [0.3, 0.4) is 0 Å². The van der Waals surface area contributed by atoms with E-state index < -0.39 is 5.82 Å². The second-order valence-corrected chi connectivity index (χ2v) is 4.29. The molecule has 0 atom stereocenters. The number of rotatable bonds is 4. The van der Waals surface area contributed by atoms with Gasteiger partial charge in [-0.25, -0.2) is 9.37 Å². The number of carbonyl (C=O) groups excluding carboxylic acids is 1. The number of ether oxygens (including phenoxy) is 1. The fourth-order valence-electron chi connectivity index (χ4n) is 1.67. The Bertz CT molecular complexity index is 599. The normalized spacial score (nSPS) is 10.3. The summed E-state index contributed by atoms with van der Waals surface area (Å²) in [5, 5.41) is 0.309. The summed E-state index contributed by atoms with van der Waals surface area (Å²) in [7, 11) is 1.38. The number of ketones is 1. The van der Waals surface area contributed by atoms with Gasteiger partial charge in [0.05, 0.1) is 7.11 Å². The fraction of sp³-hybridized carbons (Fsp3) is 0.143. The average Bonchev–Trinajstić information content (AvgIpc) is 2.42. The number of methoxy groups -OCH3 is 1. The summed E-state index contributed by atoms with van der Waals surface area (Å²) in [6, 6.07) is 7.80. The van der Waals surface area contributed by atoms with E-state index in [1.54, 1.807) is 18.2 Å². The Morgan fingerprint density at radius 1 is 1.37 bits per heavy atom. The van der Waals surface area contributed by atoms with E-state index in [1.165, 1.54) is 25.4 Å². The first-order valence-electron chi connectivity index (χ1n) is 5.58. The van der Waals surface area contributed by atoms with Crippen molar-refractivity contribution in [1.29, 1.82) is 0 Å². The molecular weight excluding hydrogens is 269 g/mol. The number of carbonyl (C=O) groups is 1. The summed E-state index contributed by atoms with van der Waals surface area (Å²) in [4.78, 5) is 15.8. The quantitative estimate of drug-likeness (QED) is 0.637. The van der Waals surface area contributed by atoms with Gasteiger partial charge in [-0.2, -0.15) is 0 Å². The number of Topliss-reactive ketones (excluding diaryl/α,β-unsaturated/α-hetero) is 1. The van der Waals surface area contributed by atoms with Crippen LogP contribution in [0.15, 0.2) is 36.5 Å². The van der Waals surface area contributed by atoms with E-state index >= 15 is 0 Å². The Hall–Kier alpha value is -1.94. The van der Waals surface area contributed by atoms with Gasteiger partial charge in [-0.05, 0) is 23.8 Å². The molecule has 3 nitrogen and oxygen atoms in total. The summed E-state index contributed by atoms with van der Waals surface area (Å²) in [5.41, 5.74) is 0.686. The molecule has 0 spiro atoms.